The molecular formula is C16H26N3O2+. The average molecular weight is 292 g/mol. The maximum Gasteiger partial charge on any atom is 0.275 e. The number of nitrogens with one attached hydrogen (secondary N) is 3. The van der Waals surface area contributed by atoms with Gasteiger partial charge in [-0.1, -0.05) is 26.0 Å². The van der Waals surface area contributed by atoms with E-state index in [-0.39, 0.29) is 11.8 Å². The standard InChI is InChI=1S/C16H25N3O2/c1-12(2)9-18-15(20)11-19(4)10-13-5-7-14(8-6-13)16(21)17-3/h5-8,12H,9-11H2,1-4H3,(H,17,21)(H,18,20)/p+1. The Balaban J connectivity index is 2.45. The smallest absolute Gasteiger partial charge is 0.275 e. The Kier molecular flexibility index (Phi) is 6.88. The summed E-state index contributed by atoms with van der Waals surface area (Å²) in [7, 11) is 3.60. The van der Waals surface area contributed by atoms with Gasteiger partial charge < -0.3 is 15.5 Å². The van der Waals surface area contributed by atoms with Crippen molar-refractivity contribution in [3.05, 3.63) is 35.4 Å². The zero-order valence-corrected chi connectivity index (χ0v) is 13.3. The van der Waals surface area contributed by atoms with Gasteiger partial charge in [0.1, 0.15) is 6.54 Å². The topological polar surface area (TPSA) is 62.6 Å². The zero-order chi connectivity index (χ0) is 15.8. The summed E-state index contributed by atoms with van der Waals surface area (Å²) in [4.78, 5) is 24.3. The molecule has 0 radical (unpaired) electrons. The summed E-state index contributed by atoms with van der Waals surface area (Å²) >= 11 is 0. The molecule has 0 aliphatic heterocycles. The number of carbonyl (C=O) groups excluding carboxylic acids is 2. The Labute approximate surface area is 126 Å². The molecule has 21 heavy (non-hydrogen) atoms. The molecular weight excluding hydrogens is 266 g/mol. The summed E-state index contributed by atoms with van der Waals surface area (Å²) in [6.07, 6.45) is 0. The number of quaternary nitrogens is 1. The van der Waals surface area contributed by atoms with Crippen LogP contribution in [0, 0.1) is 5.92 Å². The van der Waals surface area contributed by atoms with E-state index in [0.717, 1.165) is 17.0 Å². The van der Waals surface area contributed by atoms with Crippen LogP contribution in [-0.4, -0.2) is 39.0 Å². The summed E-state index contributed by atoms with van der Waals surface area (Å²) in [5.41, 5.74) is 1.75. The summed E-state index contributed by atoms with van der Waals surface area (Å²) in [5, 5.41) is 5.51. The highest BCUT2D eigenvalue weighted by atomic mass is 16.2. The molecule has 1 rings (SSSR count). The van der Waals surface area contributed by atoms with Gasteiger partial charge in [-0.15, -0.1) is 0 Å². The predicted molar refractivity (Wildman–Crippen MR) is 83.1 cm³/mol. The maximum atomic E-state index is 11.7. The number of carbonyl (C=O) groups is 2. The third-order valence-corrected chi connectivity index (χ3v) is 3.12. The van der Waals surface area contributed by atoms with Crippen LogP contribution in [-0.2, 0) is 11.3 Å². The second kappa shape index (κ2) is 8.42. The first-order chi connectivity index (χ1) is 9.92. The number of likely N-dealkylation sites (N-methyl/N-ethyl adjacent to an activating group) is 1. The molecule has 0 spiro atoms. The van der Waals surface area contributed by atoms with Crippen molar-refractivity contribution in [3.8, 4) is 0 Å². The Bertz CT molecular complexity index is 469. The fourth-order valence-corrected chi connectivity index (χ4v) is 1.98. The van der Waals surface area contributed by atoms with Gasteiger partial charge in [0.05, 0.1) is 7.05 Å². The fraction of sp³-hybridized carbons (Fsp3) is 0.500. The number of hydrogen-bond donors (Lipinski definition) is 3. The second-order valence-electron chi connectivity index (χ2n) is 5.78. The van der Waals surface area contributed by atoms with Gasteiger partial charge in [0.15, 0.2) is 6.54 Å². The lowest BCUT2D eigenvalue weighted by Gasteiger charge is -2.14. The van der Waals surface area contributed by atoms with E-state index in [2.05, 4.69) is 24.5 Å². The van der Waals surface area contributed by atoms with E-state index in [1.165, 1.54) is 0 Å². The fourth-order valence-electron chi connectivity index (χ4n) is 1.98. The van der Waals surface area contributed by atoms with Crippen LogP contribution in [0.3, 0.4) is 0 Å². The molecule has 1 aromatic carbocycles. The van der Waals surface area contributed by atoms with E-state index in [9.17, 15) is 9.59 Å². The highest BCUT2D eigenvalue weighted by Crippen LogP contribution is 2.03. The van der Waals surface area contributed by atoms with Crippen LogP contribution in [0.1, 0.15) is 29.8 Å². The third-order valence-electron chi connectivity index (χ3n) is 3.12. The van der Waals surface area contributed by atoms with Crippen LogP contribution in [0.5, 0.6) is 0 Å². The lowest BCUT2D eigenvalue weighted by Crippen LogP contribution is -3.08. The predicted octanol–water partition coefficient (Wildman–Crippen LogP) is -0.167. The largest absolute Gasteiger partial charge is 0.355 e. The van der Waals surface area contributed by atoms with Gasteiger partial charge in [0.2, 0.25) is 0 Å². The normalized spacial score (nSPS) is 12.0. The highest BCUT2D eigenvalue weighted by Gasteiger charge is 2.11. The Morgan fingerprint density at radius 2 is 1.81 bits per heavy atom. The highest BCUT2D eigenvalue weighted by molar-refractivity contribution is 5.93. The first-order valence-corrected chi connectivity index (χ1v) is 7.31. The van der Waals surface area contributed by atoms with E-state index in [1.54, 1.807) is 19.2 Å². The SMILES string of the molecule is CNC(=O)c1ccc(C[NH+](C)CC(=O)NCC(C)C)cc1. The van der Waals surface area contributed by atoms with Gasteiger partial charge >= 0.3 is 0 Å². The van der Waals surface area contributed by atoms with Crippen molar-refractivity contribution in [1.29, 1.82) is 0 Å². The van der Waals surface area contributed by atoms with Gasteiger partial charge in [0.25, 0.3) is 11.8 Å². The Hall–Kier alpha value is -1.88. The molecule has 116 valence electrons. The summed E-state index contributed by atoms with van der Waals surface area (Å²) in [5.74, 6) is 0.449. The van der Waals surface area contributed by atoms with Crippen LogP contribution in [0.2, 0.25) is 0 Å². The van der Waals surface area contributed by atoms with Crippen LogP contribution >= 0.6 is 0 Å². The minimum atomic E-state index is -0.0877. The lowest BCUT2D eigenvalue weighted by molar-refractivity contribution is -0.885. The minimum Gasteiger partial charge on any atom is -0.355 e. The van der Waals surface area contributed by atoms with Crippen molar-refractivity contribution in [3.63, 3.8) is 0 Å². The molecule has 5 heteroatoms. The number of benzene rings is 1. The van der Waals surface area contributed by atoms with Crippen molar-refractivity contribution in [1.82, 2.24) is 10.6 Å². The van der Waals surface area contributed by atoms with Crippen molar-refractivity contribution in [2.24, 2.45) is 5.92 Å². The molecule has 3 N–H and O–H groups in total. The van der Waals surface area contributed by atoms with E-state index in [0.29, 0.717) is 24.6 Å². The van der Waals surface area contributed by atoms with Gasteiger partial charge in [-0.2, -0.15) is 0 Å². The van der Waals surface area contributed by atoms with Crippen LogP contribution in [0.15, 0.2) is 24.3 Å². The molecule has 0 heterocycles. The summed E-state index contributed by atoms with van der Waals surface area (Å²) < 4.78 is 0. The van der Waals surface area contributed by atoms with E-state index in [4.69, 9.17) is 0 Å². The molecule has 0 bridgehead atoms. The Morgan fingerprint density at radius 3 is 2.33 bits per heavy atom. The van der Waals surface area contributed by atoms with E-state index >= 15 is 0 Å². The van der Waals surface area contributed by atoms with Crippen molar-refractivity contribution in [2.45, 2.75) is 20.4 Å². The molecule has 0 saturated heterocycles. The molecule has 1 atom stereocenters. The van der Waals surface area contributed by atoms with Gasteiger partial charge in [-0.25, -0.2) is 0 Å². The molecule has 1 aromatic rings. The molecule has 0 saturated carbocycles. The molecule has 0 aliphatic carbocycles. The lowest BCUT2D eigenvalue weighted by atomic mass is 10.1. The average Bonchev–Trinajstić information content (AvgIpc) is 2.45. The number of amides is 2. The van der Waals surface area contributed by atoms with Crippen LogP contribution in [0.4, 0.5) is 0 Å². The minimum absolute atomic E-state index is 0.0724. The number of rotatable bonds is 7. The van der Waals surface area contributed by atoms with E-state index in [1.807, 2.05) is 19.2 Å². The van der Waals surface area contributed by atoms with E-state index < -0.39 is 0 Å². The van der Waals surface area contributed by atoms with Gasteiger partial charge in [0, 0.05) is 24.7 Å². The Morgan fingerprint density at radius 1 is 1.19 bits per heavy atom. The maximum absolute atomic E-state index is 11.7. The molecule has 0 fully saturated rings. The number of hydrogen-bond acceptors (Lipinski definition) is 2. The van der Waals surface area contributed by atoms with Crippen molar-refractivity contribution >= 4 is 11.8 Å². The monoisotopic (exact) mass is 292 g/mol. The third kappa shape index (κ3) is 6.40. The van der Waals surface area contributed by atoms with Gasteiger partial charge in [-0.3, -0.25) is 9.59 Å². The summed E-state index contributed by atoms with van der Waals surface area (Å²) in [6, 6.07) is 7.47. The first-order valence-electron chi connectivity index (χ1n) is 7.31. The van der Waals surface area contributed by atoms with Crippen molar-refractivity contribution < 1.29 is 14.5 Å². The zero-order valence-electron chi connectivity index (χ0n) is 13.3. The quantitative estimate of drug-likeness (QED) is 0.653. The molecule has 0 aliphatic rings. The molecule has 1 unspecified atom stereocenters. The van der Waals surface area contributed by atoms with Crippen LogP contribution < -0.4 is 15.5 Å². The molecule has 5 nitrogen and oxygen atoms in total. The van der Waals surface area contributed by atoms with Crippen LogP contribution in [0.25, 0.3) is 0 Å². The molecule has 2 amide bonds. The second-order valence-corrected chi connectivity index (χ2v) is 5.78. The molecule has 0 aromatic heterocycles. The van der Waals surface area contributed by atoms with Gasteiger partial charge in [-0.05, 0) is 18.1 Å². The van der Waals surface area contributed by atoms with Crippen molar-refractivity contribution in [2.75, 3.05) is 27.2 Å². The first kappa shape index (κ1) is 17.2. The summed E-state index contributed by atoms with van der Waals surface area (Å²) in [6.45, 7) is 6.07.